The normalized spacial score (nSPS) is 11.5. The van der Waals surface area contributed by atoms with Crippen LogP contribution >= 0.6 is 0 Å². The summed E-state index contributed by atoms with van der Waals surface area (Å²) in [6, 6.07) is 4.83. The number of sulfone groups is 1. The molecule has 0 amide bonds. The summed E-state index contributed by atoms with van der Waals surface area (Å²) in [5, 5.41) is 0. The summed E-state index contributed by atoms with van der Waals surface area (Å²) in [7, 11) is -2.22. The fourth-order valence-electron chi connectivity index (χ4n) is 0.884. The third-order valence-electron chi connectivity index (χ3n) is 1.43. The topological polar surface area (TPSA) is 43.4 Å². The van der Waals surface area contributed by atoms with E-state index in [4.69, 9.17) is 0 Å². The van der Waals surface area contributed by atoms with Gasteiger partial charge in [0.2, 0.25) is 9.84 Å². The molecule has 0 N–H and O–H groups in total. The smallest absolute Gasteiger partial charge is 0.202 e. The van der Waals surface area contributed by atoms with Crippen LogP contribution in [-0.4, -0.2) is 21.5 Å². The van der Waals surface area contributed by atoms with Crippen LogP contribution < -0.4 is 0 Å². The minimum Gasteiger partial charge on any atom is -0.368 e. The van der Waals surface area contributed by atoms with E-state index in [0.29, 0.717) is 0 Å². The number of hydrogen-bond donors (Lipinski definition) is 0. The SMILES string of the molecule is COCS(=O)(=O)c1cccc(F)c1. The molecule has 0 aliphatic heterocycles. The summed E-state index contributed by atoms with van der Waals surface area (Å²) >= 11 is 0. The second kappa shape index (κ2) is 3.85. The van der Waals surface area contributed by atoms with Crippen LogP contribution in [0, 0.1) is 5.82 Å². The highest BCUT2D eigenvalue weighted by Gasteiger charge is 2.13. The van der Waals surface area contributed by atoms with Gasteiger partial charge in [-0.15, -0.1) is 0 Å². The maximum atomic E-state index is 12.6. The zero-order valence-electron chi connectivity index (χ0n) is 7.03. The molecule has 1 aromatic rings. The molecular formula is C8H9FO3S. The van der Waals surface area contributed by atoms with Crippen molar-refractivity contribution in [2.24, 2.45) is 0 Å². The van der Waals surface area contributed by atoms with E-state index in [1.54, 1.807) is 0 Å². The zero-order valence-corrected chi connectivity index (χ0v) is 7.84. The van der Waals surface area contributed by atoms with Gasteiger partial charge in [-0.2, -0.15) is 0 Å². The summed E-state index contributed by atoms with van der Waals surface area (Å²) in [4.78, 5) is -0.0608. The Hall–Kier alpha value is -0.940. The van der Waals surface area contributed by atoms with Gasteiger partial charge in [0.05, 0.1) is 4.90 Å². The third-order valence-corrected chi connectivity index (χ3v) is 2.95. The Morgan fingerprint density at radius 2 is 2.15 bits per heavy atom. The Morgan fingerprint density at radius 1 is 1.46 bits per heavy atom. The minimum atomic E-state index is -3.50. The van der Waals surface area contributed by atoms with Crippen molar-refractivity contribution in [1.29, 1.82) is 0 Å². The molecule has 0 atom stereocenters. The molecule has 0 unspecified atom stereocenters. The minimum absolute atomic E-state index is 0.0608. The van der Waals surface area contributed by atoms with Gasteiger partial charge in [0.25, 0.3) is 0 Å². The van der Waals surface area contributed by atoms with Crippen LogP contribution in [-0.2, 0) is 14.6 Å². The van der Waals surface area contributed by atoms with Crippen molar-refractivity contribution < 1.29 is 17.5 Å². The number of halogens is 1. The van der Waals surface area contributed by atoms with Crippen LogP contribution in [0.2, 0.25) is 0 Å². The fraction of sp³-hybridized carbons (Fsp3) is 0.250. The maximum absolute atomic E-state index is 12.6. The average Bonchev–Trinajstić information content (AvgIpc) is 2.04. The van der Waals surface area contributed by atoms with E-state index in [0.717, 1.165) is 6.07 Å². The summed E-state index contributed by atoms with van der Waals surface area (Å²) in [5.74, 6) is -1.01. The number of benzene rings is 1. The van der Waals surface area contributed by atoms with E-state index >= 15 is 0 Å². The average molecular weight is 204 g/mol. The Bertz CT molecular complexity index is 386. The van der Waals surface area contributed by atoms with Gasteiger partial charge >= 0.3 is 0 Å². The summed E-state index contributed by atoms with van der Waals surface area (Å²) in [6.07, 6.45) is 0. The molecule has 0 heterocycles. The van der Waals surface area contributed by atoms with Gasteiger partial charge in [0.1, 0.15) is 5.82 Å². The number of hydrogen-bond acceptors (Lipinski definition) is 3. The standard InChI is InChI=1S/C8H9FO3S/c1-12-6-13(10,11)8-4-2-3-7(9)5-8/h2-5H,6H2,1H3. The Labute approximate surface area is 76.1 Å². The van der Waals surface area contributed by atoms with Crippen molar-refractivity contribution in [2.75, 3.05) is 13.0 Å². The molecule has 0 radical (unpaired) electrons. The molecule has 0 aromatic heterocycles. The van der Waals surface area contributed by atoms with Gasteiger partial charge < -0.3 is 4.74 Å². The first kappa shape index (κ1) is 10.1. The van der Waals surface area contributed by atoms with E-state index in [2.05, 4.69) is 4.74 Å². The van der Waals surface area contributed by atoms with Gasteiger partial charge in [-0.05, 0) is 18.2 Å². The summed E-state index contributed by atoms with van der Waals surface area (Å²) in [5.41, 5.74) is 0. The lowest BCUT2D eigenvalue weighted by Crippen LogP contribution is -2.08. The summed E-state index contributed by atoms with van der Waals surface area (Å²) in [6.45, 7) is 0. The highest BCUT2D eigenvalue weighted by Crippen LogP contribution is 2.12. The van der Waals surface area contributed by atoms with Crippen LogP contribution in [0.15, 0.2) is 29.2 Å². The molecule has 0 saturated carbocycles. The van der Waals surface area contributed by atoms with Crippen molar-refractivity contribution in [3.8, 4) is 0 Å². The van der Waals surface area contributed by atoms with Crippen molar-refractivity contribution >= 4 is 9.84 Å². The van der Waals surface area contributed by atoms with Crippen LogP contribution in [0.4, 0.5) is 4.39 Å². The van der Waals surface area contributed by atoms with Gasteiger partial charge in [-0.3, -0.25) is 0 Å². The molecule has 1 rings (SSSR count). The molecular weight excluding hydrogens is 195 g/mol. The lowest BCUT2D eigenvalue weighted by molar-refractivity contribution is 0.249. The number of methoxy groups -OCH3 is 1. The quantitative estimate of drug-likeness (QED) is 0.743. The maximum Gasteiger partial charge on any atom is 0.202 e. The lowest BCUT2D eigenvalue weighted by atomic mass is 10.4. The lowest BCUT2D eigenvalue weighted by Gasteiger charge is -2.01. The van der Waals surface area contributed by atoms with Gasteiger partial charge in [-0.1, -0.05) is 6.07 Å². The van der Waals surface area contributed by atoms with Crippen molar-refractivity contribution in [3.05, 3.63) is 30.1 Å². The molecule has 3 nitrogen and oxygen atoms in total. The van der Waals surface area contributed by atoms with E-state index < -0.39 is 21.6 Å². The fourth-order valence-corrected chi connectivity index (χ4v) is 1.91. The van der Waals surface area contributed by atoms with Crippen LogP contribution in [0.25, 0.3) is 0 Å². The van der Waals surface area contributed by atoms with Crippen LogP contribution in [0.1, 0.15) is 0 Å². The number of rotatable bonds is 3. The van der Waals surface area contributed by atoms with Crippen molar-refractivity contribution in [2.45, 2.75) is 4.90 Å². The molecule has 1 aromatic carbocycles. The highest BCUT2D eigenvalue weighted by atomic mass is 32.2. The van der Waals surface area contributed by atoms with Crippen molar-refractivity contribution in [1.82, 2.24) is 0 Å². The molecule has 0 spiro atoms. The summed E-state index contributed by atoms with van der Waals surface area (Å²) < 4.78 is 39.7. The van der Waals surface area contributed by atoms with Crippen molar-refractivity contribution in [3.63, 3.8) is 0 Å². The van der Waals surface area contributed by atoms with E-state index in [1.807, 2.05) is 0 Å². The molecule has 0 bridgehead atoms. The Morgan fingerprint density at radius 3 is 2.69 bits per heavy atom. The van der Waals surface area contributed by atoms with E-state index in [-0.39, 0.29) is 4.90 Å². The van der Waals surface area contributed by atoms with Crippen LogP contribution in [0.3, 0.4) is 0 Å². The number of ether oxygens (including phenoxy) is 1. The van der Waals surface area contributed by atoms with Gasteiger partial charge in [0, 0.05) is 7.11 Å². The van der Waals surface area contributed by atoms with E-state index in [1.165, 1.54) is 25.3 Å². The Kier molecular flexibility index (Phi) is 3.00. The second-order valence-electron chi connectivity index (χ2n) is 2.48. The van der Waals surface area contributed by atoms with Gasteiger partial charge in [0.15, 0.2) is 5.94 Å². The molecule has 13 heavy (non-hydrogen) atoms. The first-order valence-corrected chi connectivity index (χ1v) is 5.19. The first-order valence-electron chi connectivity index (χ1n) is 3.53. The molecule has 0 saturated heterocycles. The predicted octanol–water partition coefficient (Wildman–Crippen LogP) is 1.20. The first-order chi connectivity index (χ1) is 6.06. The molecule has 0 fully saturated rings. The third kappa shape index (κ3) is 2.50. The van der Waals surface area contributed by atoms with E-state index in [9.17, 15) is 12.8 Å². The second-order valence-corrected chi connectivity index (χ2v) is 4.42. The predicted molar refractivity (Wildman–Crippen MR) is 45.5 cm³/mol. The Balaban J connectivity index is 3.08. The molecule has 5 heteroatoms. The van der Waals surface area contributed by atoms with Gasteiger partial charge in [-0.25, -0.2) is 12.8 Å². The zero-order chi connectivity index (χ0) is 9.90. The largest absolute Gasteiger partial charge is 0.368 e. The molecule has 0 aliphatic carbocycles. The monoisotopic (exact) mass is 204 g/mol. The highest BCUT2D eigenvalue weighted by molar-refractivity contribution is 7.91. The molecule has 72 valence electrons. The molecule has 0 aliphatic rings. The van der Waals surface area contributed by atoms with Crippen LogP contribution in [0.5, 0.6) is 0 Å².